The second-order valence-corrected chi connectivity index (χ2v) is 4.11. The number of benzene rings is 1. The Morgan fingerprint density at radius 1 is 1.12 bits per heavy atom. The summed E-state index contributed by atoms with van der Waals surface area (Å²) < 4.78 is 13.9. The van der Waals surface area contributed by atoms with Crippen LogP contribution in [0.5, 0.6) is 0 Å². The largest absolute Gasteiger partial charge is 0.244 e. The first-order valence-corrected chi connectivity index (χ1v) is 5.40. The van der Waals surface area contributed by atoms with Crippen LogP contribution in [0.3, 0.4) is 0 Å². The molecule has 80 valence electrons. The highest BCUT2D eigenvalue weighted by atomic mass is 19.1. The van der Waals surface area contributed by atoms with Gasteiger partial charge < -0.3 is 0 Å². The molecule has 1 aliphatic rings. The van der Waals surface area contributed by atoms with Crippen LogP contribution in [0.1, 0.15) is 24.3 Å². The van der Waals surface area contributed by atoms with Crippen LogP contribution in [0.25, 0.3) is 11.1 Å². The van der Waals surface area contributed by atoms with Crippen molar-refractivity contribution in [3.05, 3.63) is 48.3 Å². The van der Waals surface area contributed by atoms with E-state index in [-0.39, 0.29) is 5.82 Å². The van der Waals surface area contributed by atoms with Crippen LogP contribution in [0.4, 0.5) is 4.39 Å². The SMILES string of the molecule is Fc1cccc(C2CC2)c1-c1cncnc1. The average Bonchev–Trinajstić information content (AvgIpc) is 3.14. The van der Waals surface area contributed by atoms with Gasteiger partial charge in [-0.2, -0.15) is 0 Å². The lowest BCUT2D eigenvalue weighted by atomic mass is 9.98. The van der Waals surface area contributed by atoms with Gasteiger partial charge >= 0.3 is 0 Å². The highest BCUT2D eigenvalue weighted by Gasteiger charge is 2.27. The van der Waals surface area contributed by atoms with Crippen LogP contribution in [-0.2, 0) is 0 Å². The highest BCUT2D eigenvalue weighted by Crippen LogP contribution is 2.44. The van der Waals surface area contributed by atoms with E-state index in [1.807, 2.05) is 6.07 Å². The van der Waals surface area contributed by atoms with Crippen molar-refractivity contribution >= 4 is 0 Å². The number of hydrogen-bond donors (Lipinski definition) is 0. The number of nitrogens with zero attached hydrogens (tertiary/aromatic N) is 2. The molecule has 3 rings (SSSR count). The van der Waals surface area contributed by atoms with Crippen LogP contribution >= 0.6 is 0 Å². The van der Waals surface area contributed by atoms with Gasteiger partial charge in [-0.25, -0.2) is 14.4 Å². The summed E-state index contributed by atoms with van der Waals surface area (Å²) in [6.45, 7) is 0. The van der Waals surface area contributed by atoms with Gasteiger partial charge in [-0.3, -0.25) is 0 Å². The fourth-order valence-corrected chi connectivity index (χ4v) is 2.01. The molecular weight excluding hydrogens is 203 g/mol. The van der Waals surface area contributed by atoms with Gasteiger partial charge in [-0.1, -0.05) is 12.1 Å². The van der Waals surface area contributed by atoms with E-state index >= 15 is 0 Å². The summed E-state index contributed by atoms with van der Waals surface area (Å²) >= 11 is 0. The van der Waals surface area contributed by atoms with Crippen LogP contribution in [0.15, 0.2) is 36.9 Å². The van der Waals surface area contributed by atoms with Crippen molar-refractivity contribution in [1.29, 1.82) is 0 Å². The van der Waals surface area contributed by atoms with Crippen LogP contribution in [-0.4, -0.2) is 9.97 Å². The topological polar surface area (TPSA) is 25.8 Å². The molecule has 0 saturated heterocycles. The summed E-state index contributed by atoms with van der Waals surface area (Å²) in [4.78, 5) is 7.89. The summed E-state index contributed by atoms with van der Waals surface area (Å²) in [5, 5.41) is 0. The zero-order valence-corrected chi connectivity index (χ0v) is 8.73. The Labute approximate surface area is 93.2 Å². The minimum absolute atomic E-state index is 0.181. The molecule has 1 saturated carbocycles. The average molecular weight is 214 g/mol. The van der Waals surface area contributed by atoms with E-state index in [1.165, 1.54) is 12.4 Å². The normalized spacial score (nSPS) is 15.1. The zero-order chi connectivity index (χ0) is 11.0. The van der Waals surface area contributed by atoms with Gasteiger partial charge in [0.2, 0.25) is 0 Å². The number of hydrogen-bond acceptors (Lipinski definition) is 2. The van der Waals surface area contributed by atoms with E-state index in [0.717, 1.165) is 24.0 Å². The van der Waals surface area contributed by atoms with Crippen LogP contribution < -0.4 is 0 Å². The maximum Gasteiger partial charge on any atom is 0.131 e. The maximum atomic E-state index is 13.9. The molecule has 2 nitrogen and oxygen atoms in total. The van der Waals surface area contributed by atoms with Crippen molar-refractivity contribution < 1.29 is 4.39 Å². The molecule has 0 atom stereocenters. The van der Waals surface area contributed by atoms with E-state index in [9.17, 15) is 4.39 Å². The van der Waals surface area contributed by atoms with Crippen molar-refractivity contribution in [1.82, 2.24) is 9.97 Å². The third-order valence-electron chi connectivity index (χ3n) is 2.91. The smallest absolute Gasteiger partial charge is 0.131 e. The van der Waals surface area contributed by atoms with Crippen molar-refractivity contribution in [2.24, 2.45) is 0 Å². The van der Waals surface area contributed by atoms with Crippen LogP contribution in [0.2, 0.25) is 0 Å². The number of halogens is 1. The Morgan fingerprint density at radius 2 is 1.88 bits per heavy atom. The molecule has 0 bridgehead atoms. The van der Waals surface area contributed by atoms with Crippen molar-refractivity contribution in [3.8, 4) is 11.1 Å². The molecule has 0 N–H and O–H groups in total. The number of rotatable bonds is 2. The Morgan fingerprint density at radius 3 is 2.56 bits per heavy atom. The van der Waals surface area contributed by atoms with Gasteiger partial charge in [-0.15, -0.1) is 0 Å². The van der Waals surface area contributed by atoms with Gasteiger partial charge in [0.15, 0.2) is 0 Å². The molecule has 16 heavy (non-hydrogen) atoms. The molecule has 0 radical (unpaired) electrons. The van der Waals surface area contributed by atoms with E-state index in [2.05, 4.69) is 9.97 Å². The molecular formula is C13H11FN2. The standard InChI is InChI=1S/C13H11FN2/c14-12-3-1-2-11(9-4-5-9)13(12)10-6-15-8-16-7-10/h1-3,6-9H,4-5H2. The van der Waals surface area contributed by atoms with Gasteiger partial charge in [0.25, 0.3) is 0 Å². The highest BCUT2D eigenvalue weighted by molar-refractivity contribution is 5.67. The minimum atomic E-state index is -0.181. The fourth-order valence-electron chi connectivity index (χ4n) is 2.01. The summed E-state index contributed by atoms with van der Waals surface area (Å²) in [7, 11) is 0. The second kappa shape index (κ2) is 3.67. The first-order chi connectivity index (χ1) is 7.86. The lowest BCUT2D eigenvalue weighted by molar-refractivity contribution is 0.629. The van der Waals surface area contributed by atoms with Crippen molar-refractivity contribution in [3.63, 3.8) is 0 Å². The summed E-state index contributed by atoms with van der Waals surface area (Å²) in [6.07, 6.45) is 7.10. The lowest BCUT2D eigenvalue weighted by Gasteiger charge is -2.09. The third kappa shape index (κ3) is 1.58. The quantitative estimate of drug-likeness (QED) is 0.767. The fraction of sp³-hybridized carbons (Fsp3) is 0.231. The molecule has 1 fully saturated rings. The summed E-state index contributed by atoms with van der Waals surface area (Å²) in [6, 6.07) is 5.27. The molecule has 1 aromatic carbocycles. The van der Waals surface area contributed by atoms with E-state index in [4.69, 9.17) is 0 Å². The Bertz CT molecular complexity index is 507. The molecule has 1 heterocycles. The molecule has 0 aliphatic heterocycles. The Kier molecular flexibility index (Phi) is 2.17. The van der Waals surface area contributed by atoms with Crippen LogP contribution in [0, 0.1) is 5.82 Å². The molecule has 3 heteroatoms. The molecule has 1 aliphatic carbocycles. The lowest BCUT2D eigenvalue weighted by Crippen LogP contribution is -1.93. The summed E-state index contributed by atoms with van der Waals surface area (Å²) in [5.41, 5.74) is 2.53. The first-order valence-electron chi connectivity index (χ1n) is 5.40. The van der Waals surface area contributed by atoms with Gasteiger partial charge in [0.1, 0.15) is 12.1 Å². The van der Waals surface area contributed by atoms with Gasteiger partial charge in [0, 0.05) is 23.5 Å². The third-order valence-corrected chi connectivity index (χ3v) is 2.91. The number of aromatic nitrogens is 2. The minimum Gasteiger partial charge on any atom is -0.244 e. The van der Waals surface area contributed by atoms with Crippen molar-refractivity contribution in [2.45, 2.75) is 18.8 Å². The maximum absolute atomic E-state index is 13.9. The summed E-state index contributed by atoms with van der Waals surface area (Å²) in [5.74, 6) is 0.338. The monoisotopic (exact) mass is 214 g/mol. The van der Waals surface area contributed by atoms with E-state index in [0.29, 0.717) is 11.5 Å². The molecule has 0 unspecified atom stereocenters. The van der Waals surface area contributed by atoms with E-state index in [1.54, 1.807) is 18.5 Å². The van der Waals surface area contributed by atoms with Gasteiger partial charge in [-0.05, 0) is 30.4 Å². The van der Waals surface area contributed by atoms with Crippen molar-refractivity contribution in [2.75, 3.05) is 0 Å². The Hall–Kier alpha value is -1.77. The predicted octanol–water partition coefficient (Wildman–Crippen LogP) is 3.16. The predicted molar refractivity (Wildman–Crippen MR) is 59.4 cm³/mol. The molecule has 0 amide bonds. The second-order valence-electron chi connectivity index (χ2n) is 4.11. The van der Waals surface area contributed by atoms with Gasteiger partial charge in [0.05, 0.1) is 0 Å². The molecule has 2 aromatic rings. The van der Waals surface area contributed by atoms with E-state index < -0.39 is 0 Å². The molecule has 1 aromatic heterocycles. The first kappa shape index (κ1) is 9.46. The molecule has 0 spiro atoms. The Balaban J connectivity index is 2.18. The zero-order valence-electron chi connectivity index (χ0n) is 8.73.